The summed E-state index contributed by atoms with van der Waals surface area (Å²) < 4.78 is 111. The fourth-order valence-corrected chi connectivity index (χ4v) is 5.26. The lowest BCUT2D eigenvalue weighted by atomic mass is 9.84. The molecule has 0 aliphatic carbocycles. The molecule has 0 radical (unpaired) electrons. The molecule has 1 aromatic heterocycles. The van der Waals surface area contributed by atoms with Gasteiger partial charge in [0.15, 0.2) is 11.6 Å². The van der Waals surface area contributed by atoms with Crippen LogP contribution in [0.4, 0.5) is 46.0 Å². The van der Waals surface area contributed by atoms with Crippen LogP contribution in [0.25, 0.3) is 0 Å². The highest BCUT2D eigenvalue weighted by molar-refractivity contribution is 6.15. The maximum absolute atomic E-state index is 15.3. The first-order valence-corrected chi connectivity index (χ1v) is 15.0. The number of carbonyl (C=O) groups is 3. The van der Waals surface area contributed by atoms with Crippen molar-refractivity contribution in [3.05, 3.63) is 94.8 Å². The minimum absolute atomic E-state index is 0.0219. The van der Waals surface area contributed by atoms with E-state index in [9.17, 15) is 36.3 Å². The van der Waals surface area contributed by atoms with Crippen molar-refractivity contribution in [2.24, 2.45) is 5.73 Å². The van der Waals surface area contributed by atoms with Crippen molar-refractivity contribution in [2.75, 3.05) is 38.3 Å². The molecule has 18 heteroatoms. The number of aromatic nitrogens is 1. The van der Waals surface area contributed by atoms with Crippen LogP contribution < -0.4 is 21.3 Å². The number of nitrogens with one attached hydrogen (secondary N) is 2. The number of nitrogens with zero attached hydrogens (tertiary/aromatic N) is 2. The first-order valence-electron chi connectivity index (χ1n) is 15.0. The lowest BCUT2D eigenvalue weighted by molar-refractivity contribution is -0.124. The highest BCUT2D eigenvalue weighted by Gasteiger charge is 2.38. The molecule has 1 fully saturated rings. The predicted octanol–water partition coefficient (Wildman–Crippen LogP) is 4.47. The number of methoxy groups -OCH3 is 1. The van der Waals surface area contributed by atoms with Gasteiger partial charge in [-0.15, -0.1) is 0 Å². The van der Waals surface area contributed by atoms with Gasteiger partial charge in [0.2, 0.25) is 0 Å². The smallest absolute Gasteiger partial charge is 0.421 e. The Morgan fingerprint density at radius 2 is 1.80 bits per heavy atom. The summed E-state index contributed by atoms with van der Waals surface area (Å²) in [7, 11) is 0.950. The van der Waals surface area contributed by atoms with Crippen LogP contribution in [0.15, 0.2) is 54.9 Å². The van der Waals surface area contributed by atoms with Gasteiger partial charge in [0.25, 0.3) is 5.91 Å². The molecule has 1 aliphatic rings. The molecule has 2 aromatic carbocycles. The Kier molecular flexibility index (Phi) is 12.7. The van der Waals surface area contributed by atoms with Gasteiger partial charge in [-0.1, -0.05) is 24.3 Å². The molecule has 0 bridgehead atoms. The monoisotopic (exact) mass is 715 g/mol. The van der Waals surface area contributed by atoms with Gasteiger partial charge in [-0.25, -0.2) is 32.1 Å². The van der Waals surface area contributed by atoms with Crippen LogP contribution >= 0.6 is 0 Å². The fraction of sp³-hybridized carbons (Fsp3) is 0.375. The molecule has 50 heavy (non-hydrogen) atoms. The van der Waals surface area contributed by atoms with Gasteiger partial charge >= 0.3 is 18.4 Å². The van der Waals surface area contributed by atoms with Gasteiger partial charge in [0.1, 0.15) is 24.8 Å². The topological polar surface area (TPSA) is 145 Å². The normalized spacial score (nSPS) is 17.4. The standard InChI is InChI=1S/C32H32F7N5O6/c1-48-31(47)44(29(45)28(40)26(17-5-7-18(33)8-6-17)22-3-2-4-23(34)27(22)36)25-13-41-12-24(35)21(25)10-9-20-11-42-19(14-49-20)15-50-30(46)43-16-32(37,38)39/h2-8,12-13,19-20,26,28,42H,9-11,14-16,40H2,1H3,(H,43,46)/t19-,20+,26-,28-/m0/s1. The predicted molar refractivity (Wildman–Crippen MR) is 162 cm³/mol. The van der Waals surface area contributed by atoms with Gasteiger partial charge in [0.05, 0.1) is 50.0 Å². The molecule has 1 saturated heterocycles. The van der Waals surface area contributed by atoms with E-state index >= 15 is 8.78 Å². The van der Waals surface area contributed by atoms with E-state index in [1.165, 1.54) is 24.3 Å². The maximum Gasteiger partial charge on any atom is 0.421 e. The fourth-order valence-electron chi connectivity index (χ4n) is 5.26. The van der Waals surface area contributed by atoms with Crippen LogP contribution in [0.3, 0.4) is 0 Å². The van der Waals surface area contributed by atoms with Crippen molar-refractivity contribution in [1.82, 2.24) is 15.6 Å². The quantitative estimate of drug-likeness (QED) is 0.245. The molecule has 3 amide bonds. The van der Waals surface area contributed by atoms with Crippen molar-refractivity contribution >= 4 is 23.8 Å². The van der Waals surface area contributed by atoms with Crippen molar-refractivity contribution in [1.29, 1.82) is 0 Å². The number of carbonyl (C=O) groups excluding carboxylic acids is 3. The molecular weight excluding hydrogens is 683 g/mol. The number of benzene rings is 2. The number of hydrogen-bond acceptors (Lipinski definition) is 9. The summed E-state index contributed by atoms with van der Waals surface area (Å²) in [5.74, 6) is -6.81. The van der Waals surface area contributed by atoms with E-state index < -0.39 is 78.2 Å². The van der Waals surface area contributed by atoms with Crippen molar-refractivity contribution in [3.8, 4) is 0 Å². The summed E-state index contributed by atoms with van der Waals surface area (Å²) in [6.07, 6.45) is -5.87. The van der Waals surface area contributed by atoms with Gasteiger partial charge in [-0.05, 0) is 36.6 Å². The minimum atomic E-state index is -4.60. The summed E-state index contributed by atoms with van der Waals surface area (Å²) in [5, 5.41) is 4.58. The van der Waals surface area contributed by atoms with E-state index in [4.69, 9.17) is 19.9 Å². The lowest BCUT2D eigenvalue weighted by Gasteiger charge is -2.31. The largest absolute Gasteiger partial charge is 0.452 e. The third kappa shape index (κ3) is 9.66. The number of ether oxygens (including phenoxy) is 3. The zero-order valence-electron chi connectivity index (χ0n) is 26.3. The Morgan fingerprint density at radius 1 is 1.08 bits per heavy atom. The SMILES string of the molecule is COC(=O)N(C(=O)[C@@H](N)[C@@H](c1ccc(F)cc1)c1cccc(F)c1F)c1cncc(F)c1CC[C@@H]1CN[C@H](COC(=O)NCC(F)(F)F)CO1. The van der Waals surface area contributed by atoms with E-state index in [1.807, 2.05) is 0 Å². The first-order chi connectivity index (χ1) is 23.7. The average molecular weight is 716 g/mol. The summed E-state index contributed by atoms with van der Waals surface area (Å²) in [4.78, 5) is 42.8. The Bertz CT molecular complexity index is 1660. The van der Waals surface area contributed by atoms with Gasteiger partial charge in [-0.2, -0.15) is 13.2 Å². The van der Waals surface area contributed by atoms with E-state index in [2.05, 4.69) is 10.3 Å². The van der Waals surface area contributed by atoms with Crippen LogP contribution in [0.5, 0.6) is 0 Å². The van der Waals surface area contributed by atoms with Crippen LogP contribution in [0.1, 0.15) is 29.0 Å². The number of nitrogens with two attached hydrogens (primary N) is 1. The molecule has 0 unspecified atom stereocenters. The number of imide groups is 1. The molecule has 4 atom stereocenters. The van der Waals surface area contributed by atoms with Gasteiger partial charge in [-0.3, -0.25) is 9.78 Å². The zero-order chi connectivity index (χ0) is 36.6. The molecule has 4 rings (SSSR count). The Morgan fingerprint density at radius 3 is 2.44 bits per heavy atom. The van der Waals surface area contributed by atoms with E-state index in [0.717, 1.165) is 37.7 Å². The number of alkyl carbamates (subject to hydrolysis) is 1. The zero-order valence-corrected chi connectivity index (χ0v) is 26.3. The second kappa shape index (κ2) is 16.7. The van der Waals surface area contributed by atoms with Crippen molar-refractivity contribution < 1.29 is 59.3 Å². The summed E-state index contributed by atoms with van der Waals surface area (Å²) in [5.41, 5.74) is 5.59. The Balaban J connectivity index is 1.51. The van der Waals surface area contributed by atoms with Crippen LogP contribution in [-0.2, 0) is 25.4 Å². The average Bonchev–Trinajstić information content (AvgIpc) is 3.08. The van der Waals surface area contributed by atoms with Crippen molar-refractivity contribution in [3.63, 3.8) is 0 Å². The number of rotatable bonds is 11. The number of hydrogen-bond donors (Lipinski definition) is 3. The number of anilines is 1. The first kappa shape index (κ1) is 38.0. The van der Waals surface area contributed by atoms with Crippen LogP contribution in [0, 0.1) is 23.3 Å². The molecular formula is C32H32F7N5O6. The van der Waals surface area contributed by atoms with Crippen molar-refractivity contribution in [2.45, 2.75) is 43.1 Å². The summed E-state index contributed by atoms with van der Waals surface area (Å²) in [6, 6.07) is 5.30. The molecule has 0 saturated carbocycles. The highest BCUT2D eigenvalue weighted by atomic mass is 19.4. The number of amides is 3. The second-order valence-electron chi connectivity index (χ2n) is 11.1. The van der Waals surface area contributed by atoms with E-state index in [1.54, 1.807) is 5.32 Å². The number of halogens is 7. The maximum atomic E-state index is 15.3. The molecule has 0 spiro atoms. The highest BCUT2D eigenvalue weighted by Crippen LogP contribution is 2.33. The number of alkyl halides is 3. The Labute approximate surface area is 280 Å². The molecule has 3 aromatic rings. The molecule has 2 heterocycles. The minimum Gasteiger partial charge on any atom is -0.452 e. The van der Waals surface area contributed by atoms with E-state index in [-0.39, 0.29) is 55.0 Å². The number of morpholine rings is 1. The summed E-state index contributed by atoms with van der Waals surface area (Å²) >= 11 is 0. The lowest BCUT2D eigenvalue weighted by Crippen LogP contribution is -2.50. The molecule has 4 N–H and O–H groups in total. The third-order valence-electron chi connectivity index (χ3n) is 7.72. The van der Waals surface area contributed by atoms with Crippen LogP contribution in [-0.4, -0.2) is 80.9 Å². The Hall–Kier alpha value is -4.81. The second-order valence-corrected chi connectivity index (χ2v) is 11.1. The van der Waals surface area contributed by atoms with Crippen LogP contribution in [0.2, 0.25) is 0 Å². The van der Waals surface area contributed by atoms with Gasteiger partial charge in [0, 0.05) is 23.6 Å². The molecule has 270 valence electrons. The summed E-state index contributed by atoms with van der Waals surface area (Å²) in [6.45, 7) is -1.72. The molecule has 1 aliphatic heterocycles. The number of pyridine rings is 1. The van der Waals surface area contributed by atoms with Gasteiger partial charge < -0.3 is 30.6 Å². The molecule has 11 nitrogen and oxygen atoms in total. The third-order valence-corrected chi connectivity index (χ3v) is 7.72. The van der Waals surface area contributed by atoms with E-state index in [0.29, 0.717) is 4.90 Å².